The zero-order valence-corrected chi connectivity index (χ0v) is 25.1. The molecule has 1 aliphatic rings. The van der Waals surface area contributed by atoms with Crippen LogP contribution in [0.2, 0.25) is 0 Å². The van der Waals surface area contributed by atoms with Gasteiger partial charge in [-0.25, -0.2) is 0 Å². The topological polar surface area (TPSA) is 97.4 Å². The van der Waals surface area contributed by atoms with Gasteiger partial charge in [0.25, 0.3) is 0 Å². The molecule has 2 aromatic carbocycles. The van der Waals surface area contributed by atoms with Gasteiger partial charge in [0.1, 0.15) is 41.8 Å². The summed E-state index contributed by atoms with van der Waals surface area (Å²) in [7, 11) is 2.92. The molecule has 0 spiro atoms. The lowest BCUT2D eigenvalue weighted by Crippen LogP contribution is -2.40. The van der Waals surface area contributed by atoms with E-state index in [0.717, 1.165) is 30.4 Å². The lowest BCUT2D eigenvalue weighted by molar-refractivity contribution is -0.141. The number of hydrogen-bond acceptors (Lipinski definition) is 8. The SMILES string of the molecule is CCCc1c(OC/C=C\COc2ccc3c(c2CCC)OC(C)(CCC(=O)OC)CC3=O)ccc(C(C)=O)c1OC. The summed E-state index contributed by atoms with van der Waals surface area (Å²) in [5, 5.41) is 0. The summed E-state index contributed by atoms with van der Waals surface area (Å²) in [6.07, 6.45) is 7.67. The number of ketones is 2. The minimum atomic E-state index is -0.793. The van der Waals surface area contributed by atoms with Crippen molar-refractivity contribution in [3.8, 4) is 23.0 Å². The van der Waals surface area contributed by atoms with Crippen LogP contribution in [0.25, 0.3) is 0 Å². The van der Waals surface area contributed by atoms with Crippen LogP contribution in [0.15, 0.2) is 36.4 Å². The Labute approximate surface area is 243 Å². The highest BCUT2D eigenvalue weighted by Gasteiger charge is 2.38. The molecule has 0 fully saturated rings. The molecule has 0 N–H and O–H groups in total. The van der Waals surface area contributed by atoms with E-state index in [2.05, 4.69) is 13.8 Å². The lowest BCUT2D eigenvalue weighted by atomic mass is 9.86. The number of rotatable bonds is 15. The van der Waals surface area contributed by atoms with Crippen molar-refractivity contribution in [3.05, 3.63) is 58.7 Å². The fourth-order valence-corrected chi connectivity index (χ4v) is 5.05. The van der Waals surface area contributed by atoms with E-state index in [1.807, 2.05) is 31.2 Å². The lowest BCUT2D eigenvalue weighted by Gasteiger charge is -2.36. The highest BCUT2D eigenvalue weighted by atomic mass is 16.5. The van der Waals surface area contributed by atoms with Crippen LogP contribution in [0.1, 0.15) is 91.6 Å². The van der Waals surface area contributed by atoms with Crippen LogP contribution in [0.3, 0.4) is 0 Å². The Hall–Kier alpha value is -3.81. The average Bonchev–Trinajstić information content (AvgIpc) is 2.95. The maximum atomic E-state index is 13.0. The normalized spacial score (nSPS) is 16.2. The standard InChI is InChI=1S/C33H42O8/c1-7-11-25-28(15-13-23(22(3)34)31(25)38-6)39-19-9-10-20-40-29-16-14-24-27(35)21-33(4,18-17-30(36)37-5)41-32(24)26(29)12-8-2/h9-10,13-16H,7-8,11-12,17-21H2,1-6H3/b10-9-. The monoisotopic (exact) mass is 566 g/mol. The third kappa shape index (κ3) is 7.90. The van der Waals surface area contributed by atoms with Crippen LogP contribution >= 0.6 is 0 Å². The molecule has 0 radical (unpaired) electrons. The number of fused-ring (bicyclic) bond motifs is 1. The van der Waals surface area contributed by atoms with Crippen LogP contribution in [0.4, 0.5) is 0 Å². The molecule has 222 valence electrons. The van der Waals surface area contributed by atoms with Gasteiger partial charge in [-0.05, 0) is 69.5 Å². The Morgan fingerprint density at radius 3 is 2.15 bits per heavy atom. The summed E-state index contributed by atoms with van der Waals surface area (Å²) < 4.78 is 28.8. The van der Waals surface area contributed by atoms with Crippen molar-refractivity contribution in [2.45, 2.75) is 78.2 Å². The molecule has 1 unspecified atom stereocenters. The zero-order chi connectivity index (χ0) is 30.0. The molecule has 1 aliphatic heterocycles. The summed E-state index contributed by atoms with van der Waals surface area (Å²) in [5.74, 6) is 2.09. The van der Waals surface area contributed by atoms with E-state index in [1.54, 1.807) is 19.2 Å². The first-order valence-corrected chi connectivity index (χ1v) is 14.2. The van der Waals surface area contributed by atoms with Gasteiger partial charge in [0.2, 0.25) is 0 Å². The molecular formula is C33H42O8. The molecule has 41 heavy (non-hydrogen) atoms. The van der Waals surface area contributed by atoms with Crippen molar-refractivity contribution in [2.75, 3.05) is 27.4 Å². The van der Waals surface area contributed by atoms with Crippen molar-refractivity contribution < 1.29 is 38.1 Å². The fraction of sp³-hybridized carbons (Fsp3) is 0.485. The van der Waals surface area contributed by atoms with Gasteiger partial charge in [-0.3, -0.25) is 14.4 Å². The molecule has 8 nitrogen and oxygen atoms in total. The van der Waals surface area contributed by atoms with Crippen molar-refractivity contribution >= 4 is 17.5 Å². The van der Waals surface area contributed by atoms with Crippen LogP contribution in [0.5, 0.6) is 23.0 Å². The Bertz CT molecular complexity index is 1280. The Kier molecular flexibility index (Phi) is 11.4. The van der Waals surface area contributed by atoms with Gasteiger partial charge >= 0.3 is 5.97 Å². The molecule has 0 amide bonds. The molecule has 0 aromatic heterocycles. The third-order valence-corrected chi connectivity index (χ3v) is 7.12. The Morgan fingerprint density at radius 2 is 1.56 bits per heavy atom. The van der Waals surface area contributed by atoms with Crippen molar-refractivity contribution in [1.82, 2.24) is 0 Å². The average molecular weight is 567 g/mol. The maximum absolute atomic E-state index is 13.0. The molecule has 0 bridgehead atoms. The predicted molar refractivity (Wildman–Crippen MR) is 157 cm³/mol. The number of esters is 1. The van der Waals surface area contributed by atoms with Gasteiger partial charge in [-0.1, -0.05) is 26.7 Å². The first kappa shape index (κ1) is 31.7. The Balaban J connectivity index is 1.70. The quantitative estimate of drug-likeness (QED) is 0.137. The molecule has 3 rings (SSSR count). The molecular weight excluding hydrogens is 524 g/mol. The molecule has 1 heterocycles. The van der Waals surface area contributed by atoms with Crippen LogP contribution < -0.4 is 18.9 Å². The van der Waals surface area contributed by atoms with Crippen LogP contribution in [-0.4, -0.2) is 50.6 Å². The van der Waals surface area contributed by atoms with Gasteiger partial charge in [0.15, 0.2) is 11.6 Å². The van der Waals surface area contributed by atoms with E-state index >= 15 is 0 Å². The van der Waals surface area contributed by atoms with E-state index in [1.165, 1.54) is 14.0 Å². The van der Waals surface area contributed by atoms with E-state index in [9.17, 15) is 14.4 Å². The molecule has 0 aliphatic carbocycles. The third-order valence-electron chi connectivity index (χ3n) is 7.12. The summed E-state index contributed by atoms with van der Waals surface area (Å²) in [6.45, 7) is 8.15. The smallest absolute Gasteiger partial charge is 0.305 e. The number of Topliss-reactive ketones (excluding diaryl/α,β-unsaturated/α-hetero) is 2. The second-order valence-electron chi connectivity index (χ2n) is 10.4. The van der Waals surface area contributed by atoms with Crippen molar-refractivity contribution in [1.29, 1.82) is 0 Å². The zero-order valence-electron chi connectivity index (χ0n) is 25.1. The number of benzene rings is 2. The van der Waals surface area contributed by atoms with E-state index in [0.29, 0.717) is 60.2 Å². The maximum Gasteiger partial charge on any atom is 0.305 e. The van der Waals surface area contributed by atoms with E-state index in [4.69, 9.17) is 23.7 Å². The van der Waals surface area contributed by atoms with E-state index < -0.39 is 5.60 Å². The first-order valence-electron chi connectivity index (χ1n) is 14.2. The number of carbonyl (C=O) groups excluding carboxylic acids is 3. The minimum absolute atomic E-state index is 0.00466. The highest BCUT2D eigenvalue weighted by molar-refractivity contribution is 6.01. The highest BCUT2D eigenvalue weighted by Crippen LogP contribution is 2.42. The van der Waals surface area contributed by atoms with Gasteiger partial charge in [0.05, 0.1) is 31.8 Å². The second kappa shape index (κ2) is 14.7. The largest absolute Gasteiger partial charge is 0.496 e. The van der Waals surface area contributed by atoms with Gasteiger partial charge in [0, 0.05) is 17.5 Å². The first-order chi connectivity index (χ1) is 19.7. The summed E-state index contributed by atoms with van der Waals surface area (Å²) in [4.78, 5) is 36.7. The van der Waals surface area contributed by atoms with Gasteiger partial charge < -0.3 is 23.7 Å². The number of ether oxygens (including phenoxy) is 5. The number of hydrogen-bond donors (Lipinski definition) is 0. The van der Waals surface area contributed by atoms with Gasteiger partial charge in [-0.2, -0.15) is 0 Å². The molecule has 2 aromatic rings. The summed E-state index contributed by atoms with van der Waals surface area (Å²) in [5.41, 5.74) is 2.05. The molecule has 0 saturated heterocycles. The predicted octanol–water partition coefficient (Wildman–Crippen LogP) is 6.49. The van der Waals surface area contributed by atoms with Crippen LogP contribution in [-0.2, 0) is 22.4 Å². The minimum Gasteiger partial charge on any atom is -0.496 e. The van der Waals surface area contributed by atoms with Crippen LogP contribution in [0, 0.1) is 0 Å². The fourth-order valence-electron chi connectivity index (χ4n) is 5.05. The van der Waals surface area contributed by atoms with Gasteiger partial charge in [-0.15, -0.1) is 0 Å². The van der Waals surface area contributed by atoms with Crippen molar-refractivity contribution in [3.63, 3.8) is 0 Å². The van der Waals surface area contributed by atoms with Crippen molar-refractivity contribution in [2.24, 2.45) is 0 Å². The molecule has 0 saturated carbocycles. The molecule has 8 heteroatoms. The molecule has 1 atom stereocenters. The van der Waals surface area contributed by atoms with E-state index in [-0.39, 0.29) is 30.4 Å². The number of methoxy groups -OCH3 is 2. The summed E-state index contributed by atoms with van der Waals surface area (Å²) >= 11 is 0. The summed E-state index contributed by atoms with van der Waals surface area (Å²) in [6, 6.07) is 7.14. The Morgan fingerprint density at radius 1 is 0.951 bits per heavy atom. The number of carbonyl (C=O) groups is 3. The second-order valence-corrected chi connectivity index (χ2v) is 10.4.